The van der Waals surface area contributed by atoms with E-state index in [-0.39, 0.29) is 5.57 Å². The summed E-state index contributed by atoms with van der Waals surface area (Å²) in [5.41, 5.74) is 0.0612. The van der Waals surface area contributed by atoms with Crippen LogP contribution in [0.3, 0.4) is 0 Å². The fourth-order valence-corrected chi connectivity index (χ4v) is 0.664. The molecule has 0 bridgehead atoms. The molecule has 0 saturated carbocycles. The average molecular weight is 183 g/mol. The summed E-state index contributed by atoms with van der Waals surface area (Å²) in [5.74, 6) is -0.410. The number of methoxy groups -OCH3 is 1. The number of aldehydes is 1. The van der Waals surface area contributed by atoms with Crippen LogP contribution in [0.1, 0.15) is 0 Å². The lowest BCUT2D eigenvalue weighted by molar-refractivity contribution is -0.119. The maximum absolute atomic E-state index is 11.1. The molecule has 13 heavy (non-hydrogen) atoms. The van der Waals surface area contributed by atoms with Gasteiger partial charge in [-0.05, 0) is 6.08 Å². The van der Waals surface area contributed by atoms with Crippen LogP contribution in [0.15, 0.2) is 24.3 Å². The van der Waals surface area contributed by atoms with Crippen molar-refractivity contribution >= 4 is 12.2 Å². The van der Waals surface area contributed by atoms with E-state index in [0.717, 1.165) is 0 Å². The largest absolute Gasteiger partial charge is 0.383 e. The molecule has 0 aliphatic carbocycles. The standard InChI is InChI=1S/C9H13NO3/c1-3-4-8(7-11)9(12)10-5-6-13-2/h3-4,7H,1,5-6H2,2H3,(H,10,12)/b8-4+. The van der Waals surface area contributed by atoms with Gasteiger partial charge in [-0.3, -0.25) is 9.59 Å². The quantitative estimate of drug-likeness (QED) is 0.158. The smallest absolute Gasteiger partial charge is 0.254 e. The summed E-state index contributed by atoms with van der Waals surface area (Å²) in [6.45, 7) is 4.20. The summed E-state index contributed by atoms with van der Waals surface area (Å²) in [7, 11) is 1.53. The zero-order valence-corrected chi connectivity index (χ0v) is 7.58. The minimum absolute atomic E-state index is 0.0612. The Labute approximate surface area is 77.3 Å². The second-order valence-corrected chi connectivity index (χ2v) is 2.22. The predicted molar refractivity (Wildman–Crippen MR) is 49.2 cm³/mol. The number of carbonyl (C=O) groups is 2. The van der Waals surface area contributed by atoms with Gasteiger partial charge < -0.3 is 10.1 Å². The first kappa shape index (κ1) is 11.6. The van der Waals surface area contributed by atoms with Gasteiger partial charge in [0.15, 0.2) is 6.29 Å². The average Bonchev–Trinajstić information content (AvgIpc) is 2.14. The lowest BCUT2D eigenvalue weighted by Crippen LogP contribution is -2.28. The first-order chi connectivity index (χ1) is 6.26. The molecule has 1 amide bonds. The Bertz CT molecular complexity index is 221. The fourth-order valence-electron chi connectivity index (χ4n) is 0.664. The molecular formula is C9H13NO3. The third kappa shape index (κ3) is 4.92. The van der Waals surface area contributed by atoms with Crippen LogP contribution < -0.4 is 5.32 Å². The van der Waals surface area contributed by atoms with Gasteiger partial charge in [0.1, 0.15) is 0 Å². The van der Waals surface area contributed by atoms with Gasteiger partial charge >= 0.3 is 0 Å². The number of hydrogen-bond donors (Lipinski definition) is 1. The lowest BCUT2D eigenvalue weighted by Gasteiger charge is -2.02. The van der Waals surface area contributed by atoms with E-state index in [1.54, 1.807) is 0 Å². The summed E-state index contributed by atoms with van der Waals surface area (Å²) in [6.07, 6.45) is 3.23. The number of carbonyl (C=O) groups excluding carboxylic acids is 2. The van der Waals surface area contributed by atoms with Gasteiger partial charge in [0.05, 0.1) is 12.2 Å². The molecule has 0 aromatic carbocycles. The van der Waals surface area contributed by atoms with Crippen molar-refractivity contribution in [3.63, 3.8) is 0 Å². The van der Waals surface area contributed by atoms with E-state index in [9.17, 15) is 9.59 Å². The van der Waals surface area contributed by atoms with Crippen LogP contribution in [0, 0.1) is 0 Å². The highest BCUT2D eigenvalue weighted by Gasteiger charge is 2.05. The first-order valence-corrected chi connectivity index (χ1v) is 3.81. The van der Waals surface area contributed by atoms with Gasteiger partial charge in [-0.1, -0.05) is 12.7 Å². The molecular weight excluding hydrogens is 170 g/mol. The Morgan fingerprint density at radius 2 is 2.31 bits per heavy atom. The van der Waals surface area contributed by atoms with E-state index in [4.69, 9.17) is 4.74 Å². The van der Waals surface area contributed by atoms with Crippen molar-refractivity contribution in [3.05, 3.63) is 24.3 Å². The van der Waals surface area contributed by atoms with Crippen molar-refractivity contribution in [2.24, 2.45) is 0 Å². The Morgan fingerprint density at radius 1 is 1.62 bits per heavy atom. The molecule has 4 nitrogen and oxygen atoms in total. The molecule has 0 fully saturated rings. The molecule has 4 heteroatoms. The normalized spacial score (nSPS) is 10.7. The van der Waals surface area contributed by atoms with E-state index in [2.05, 4.69) is 11.9 Å². The second-order valence-electron chi connectivity index (χ2n) is 2.22. The van der Waals surface area contributed by atoms with Gasteiger partial charge in [-0.15, -0.1) is 0 Å². The minimum Gasteiger partial charge on any atom is -0.383 e. The number of rotatable bonds is 6. The molecule has 0 unspecified atom stereocenters. The maximum Gasteiger partial charge on any atom is 0.254 e. The molecule has 72 valence electrons. The van der Waals surface area contributed by atoms with E-state index < -0.39 is 5.91 Å². The van der Waals surface area contributed by atoms with Gasteiger partial charge in [-0.2, -0.15) is 0 Å². The number of nitrogens with one attached hydrogen (secondary N) is 1. The van der Waals surface area contributed by atoms with Crippen LogP contribution in [-0.4, -0.2) is 32.5 Å². The Balaban J connectivity index is 3.99. The monoisotopic (exact) mass is 183 g/mol. The van der Waals surface area contributed by atoms with Crippen molar-refractivity contribution in [1.29, 1.82) is 0 Å². The fraction of sp³-hybridized carbons (Fsp3) is 0.333. The highest BCUT2D eigenvalue weighted by Crippen LogP contribution is 1.89. The van der Waals surface area contributed by atoms with Gasteiger partial charge in [-0.25, -0.2) is 0 Å². The van der Waals surface area contributed by atoms with E-state index >= 15 is 0 Å². The second kappa shape index (κ2) is 7.24. The van der Waals surface area contributed by atoms with Gasteiger partial charge in [0.2, 0.25) is 0 Å². The van der Waals surface area contributed by atoms with Crippen molar-refractivity contribution in [2.45, 2.75) is 0 Å². The summed E-state index contributed by atoms with van der Waals surface area (Å²) in [4.78, 5) is 21.5. The SMILES string of the molecule is C=C/C=C(\C=O)C(=O)NCCOC. The van der Waals surface area contributed by atoms with Crippen molar-refractivity contribution in [1.82, 2.24) is 5.32 Å². The molecule has 0 rings (SSSR count). The summed E-state index contributed by atoms with van der Waals surface area (Å²) in [5, 5.41) is 2.51. The zero-order valence-electron chi connectivity index (χ0n) is 7.58. The van der Waals surface area contributed by atoms with Crippen LogP contribution >= 0.6 is 0 Å². The number of allylic oxidation sites excluding steroid dienone is 2. The Hall–Kier alpha value is -1.42. The van der Waals surface area contributed by atoms with E-state index in [1.165, 1.54) is 19.3 Å². The van der Waals surface area contributed by atoms with Crippen molar-refractivity contribution < 1.29 is 14.3 Å². The molecule has 0 saturated heterocycles. The number of amides is 1. The van der Waals surface area contributed by atoms with E-state index in [1.807, 2.05) is 0 Å². The Morgan fingerprint density at radius 3 is 2.77 bits per heavy atom. The number of hydrogen-bond acceptors (Lipinski definition) is 3. The molecule has 0 aromatic rings. The first-order valence-electron chi connectivity index (χ1n) is 3.81. The molecule has 0 radical (unpaired) electrons. The highest BCUT2D eigenvalue weighted by atomic mass is 16.5. The van der Waals surface area contributed by atoms with Crippen LogP contribution in [0.25, 0.3) is 0 Å². The van der Waals surface area contributed by atoms with Crippen molar-refractivity contribution in [2.75, 3.05) is 20.3 Å². The predicted octanol–water partition coefficient (Wildman–Crippen LogP) is 0.0603. The van der Waals surface area contributed by atoms with Crippen LogP contribution in [0.2, 0.25) is 0 Å². The molecule has 0 aliphatic heterocycles. The highest BCUT2D eigenvalue weighted by molar-refractivity contribution is 6.10. The van der Waals surface area contributed by atoms with Crippen LogP contribution in [-0.2, 0) is 14.3 Å². The third-order valence-electron chi connectivity index (χ3n) is 1.28. The Kier molecular flexibility index (Phi) is 6.45. The lowest BCUT2D eigenvalue weighted by atomic mass is 10.2. The summed E-state index contributed by atoms with van der Waals surface area (Å²) >= 11 is 0. The zero-order chi connectivity index (χ0) is 10.1. The van der Waals surface area contributed by atoms with Gasteiger partial charge in [0, 0.05) is 13.7 Å². The number of ether oxygens (including phenoxy) is 1. The van der Waals surface area contributed by atoms with Crippen LogP contribution in [0.4, 0.5) is 0 Å². The van der Waals surface area contributed by atoms with E-state index in [0.29, 0.717) is 19.4 Å². The molecule has 0 heterocycles. The van der Waals surface area contributed by atoms with Gasteiger partial charge in [0.25, 0.3) is 5.91 Å². The minimum atomic E-state index is -0.410. The van der Waals surface area contributed by atoms with Crippen molar-refractivity contribution in [3.8, 4) is 0 Å². The molecule has 1 N–H and O–H groups in total. The molecule has 0 spiro atoms. The summed E-state index contributed by atoms with van der Waals surface area (Å²) in [6, 6.07) is 0. The molecule has 0 aliphatic rings. The topological polar surface area (TPSA) is 55.4 Å². The maximum atomic E-state index is 11.1. The molecule has 0 atom stereocenters. The third-order valence-corrected chi connectivity index (χ3v) is 1.28. The van der Waals surface area contributed by atoms with Crippen LogP contribution in [0.5, 0.6) is 0 Å². The molecule has 0 aromatic heterocycles. The summed E-state index contributed by atoms with van der Waals surface area (Å²) < 4.78 is 4.72.